The van der Waals surface area contributed by atoms with Gasteiger partial charge in [0.2, 0.25) is 0 Å². The van der Waals surface area contributed by atoms with Gasteiger partial charge in [-0.05, 0) is 68.0 Å². The standard InChI is InChI=1S/C26H29N3O4S/c1-3-33-23(30)15-27-26(31)29-16-20-19-10-4-5-12-22(19)34-25(20)28-13-7-11-21(28)24(29)17-8-6-9-18(14-17)32-2/h6-9,11,13-14,24H,3-5,10,12,15-16H2,1-2H3,(H,27,31). The molecule has 178 valence electrons. The zero-order valence-electron chi connectivity index (χ0n) is 19.5. The number of nitrogens with one attached hydrogen (secondary N) is 1. The molecule has 1 N–H and O–H groups in total. The van der Waals surface area contributed by atoms with E-state index in [-0.39, 0.29) is 25.2 Å². The van der Waals surface area contributed by atoms with Crippen LogP contribution in [0.5, 0.6) is 5.75 Å². The highest BCUT2D eigenvalue weighted by Crippen LogP contribution is 2.44. The Bertz CT molecular complexity index is 1210. The van der Waals surface area contributed by atoms with Gasteiger partial charge in [0.25, 0.3) is 0 Å². The molecule has 0 fully saturated rings. The minimum Gasteiger partial charge on any atom is -0.497 e. The molecular formula is C26H29N3O4S. The molecule has 1 aromatic carbocycles. The molecule has 2 amide bonds. The number of carbonyl (C=O) groups is 2. The Kier molecular flexibility index (Phi) is 6.32. The number of ether oxygens (including phenoxy) is 2. The first-order chi connectivity index (χ1) is 16.6. The van der Waals surface area contributed by atoms with Gasteiger partial charge in [-0.1, -0.05) is 12.1 Å². The summed E-state index contributed by atoms with van der Waals surface area (Å²) in [7, 11) is 1.64. The lowest BCUT2D eigenvalue weighted by molar-refractivity contribution is -0.141. The number of aromatic nitrogens is 1. The largest absolute Gasteiger partial charge is 0.497 e. The van der Waals surface area contributed by atoms with Crippen LogP contribution in [-0.2, 0) is 28.9 Å². The normalized spacial score (nSPS) is 16.6. The molecule has 8 heteroatoms. The lowest BCUT2D eigenvalue weighted by atomic mass is 9.95. The highest BCUT2D eigenvalue weighted by molar-refractivity contribution is 7.15. The number of thiophene rings is 1. The second-order valence-corrected chi connectivity index (χ2v) is 9.65. The molecule has 7 nitrogen and oxygen atoms in total. The van der Waals surface area contributed by atoms with Gasteiger partial charge in [0.05, 0.1) is 32.0 Å². The first-order valence-corrected chi connectivity index (χ1v) is 12.6. The van der Waals surface area contributed by atoms with Crippen LogP contribution in [0.1, 0.15) is 53.1 Å². The number of methoxy groups -OCH3 is 1. The van der Waals surface area contributed by atoms with Crippen molar-refractivity contribution in [3.63, 3.8) is 0 Å². The molecule has 2 aliphatic rings. The van der Waals surface area contributed by atoms with Gasteiger partial charge in [-0.25, -0.2) is 4.79 Å². The predicted octanol–water partition coefficient (Wildman–Crippen LogP) is 4.60. The van der Waals surface area contributed by atoms with Crippen molar-refractivity contribution in [2.45, 2.75) is 45.2 Å². The number of benzene rings is 1. The number of urea groups is 1. The number of rotatable bonds is 5. The van der Waals surface area contributed by atoms with Crippen LogP contribution in [-0.4, -0.2) is 41.7 Å². The van der Waals surface area contributed by atoms with Crippen molar-refractivity contribution in [3.8, 4) is 10.8 Å². The summed E-state index contributed by atoms with van der Waals surface area (Å²) in [5, 5.41) is 3.99. The van der Waals surface area contributed by atoms with Crippen LogP contribution in [0.4, 0.5) is 4.79 Å². The molecule has 3 aromatic rings. The van der Waals surface area contributed by atoms with Gasteiger partial charge < -0.3 is 24.3 Å². The zero-order valence-corrected chi connectivity index (χ0v) is 20.3. The van der Waals surface area contributed by atoms with E-state index in [0.29, 0.717) is 6.54 Å². The number of hydrogen-bond acceptors (Lipinski definition) is 5. The SMILES string of the molecule is CCOC(=O)CNC(=O)N1Cc2c(sc3c2CCCC3)-n2cccc2C1c1cccc(OC)c1. The van der Waals surface area contributed by atoms with Crippen molar-refractivity contribution in [2.75, 3.05) is 20.3 Å². The molecule has 0 bridgehead atoms. The molecule has 2 aromatic heterocycles. The van der Waals surface area contributed by atoms with Crippen LogP contribution < -0.4 is 10.1 Å². The summed E-state index contributed by atoms with van der Waals surface area (Å²) in [5.41, 5.74) is 4.57. The van der Waals surface area contributed by atoms with E-state index in [1.54, 1.807) is 14.0 Å². The van der Waals surface area contributed by atoms with Crippen LogP contribution in [0.25, 0.3) is 5.00 Å². The Morgan fingerprint density at radius 1 is 1.15 bits per heavy atom. The average molecular weight is 480 g/mol. The number of esters is 1. The first-order valence-electron chi connectivity index (χ1n) is 11.8. The number of hydrogen-bond donors (Lipinski definition) is 1. The van der Waals surface area contributed by atoms with Gasteiger partial charge in [0, 0.05) is 16.6 Å². The lowest BCUT2D eigenvalue weighted by Gasteiger charge is -2.31. The predicted molar refractivity (Wildman–Crippen MR) is 131 cm³/mol. The van der Waals surface area contributed by atoms with Gasteiger partial charge >= 0.3 is 12.0 Å². The van der Waals surface area contributed by atoms with E-state index < -0.39 is 5.97 Å². The Hall–Kier alpha value is -3.26. The second-order valence-electron chi connectivity index (χ2n) is 8.57. The fraction of sp³-hybridized carbons (Fsp3) is 0.385. The molecule has 0 saturated heterocycles. The summed E-state index contributed by atoms with van der Waals surface area (Å²) in [4.78, 5) is 28.8. The van der Waals surface area contributed by atoms with E-state index in [1.807, 2.05) is 46.6 Å². The van der Waals surface area contributed by atoms with E-state index in [0.717, 1.165) is 29.8 Å². The Balaban J connectivity index is 1.61. The van der Waals surface area contributed by atoms with E-state index in [1.165, 1.54) is 33.8 Å². The zero-order chi connectivity index (χ0) is 23.7. The molecule has 0 spiro atoms. The fourth-order valence-electron chi connectivity index (χ4n) is 5.01. The van der Waals surface area contributed by atoms with Gasteiger partial charge in [-0.15, -0.1) is 11.3 Å². The molecule has 0 radical (unpaired) electrons. The van der Waals surface area contributed by atoms with Gasteiger partial charge in [-0.3, -0.25) is 4.79 Å². The number of carbonyl (C=O) groups excluding carboxylic acids is 2. The van der Waals surface area contributed by atoms with E-state index >= 15 is 0 Å². The van der Waals surface area contributed by atoms with E-state index in [2.05, 4.69) is 22.1 Å². The number of fused-ring (bicyclic) bond motifs is 5. The smallest absolute Gasteiger partial charge is 0.325 e. The summed E-state index contributed by atoms with van der Waals surface area (Å²) in [6.45, 7) is 2.34. The highest BCUT2D eigenvalue weighted by Gasteiger charge is 2.36. The minimum atomic E-state index is -0.444. The molecule has 3 heterocycles. The average Bonchev–Trinajstić information content (AvgIpc) is 3.44. The van der Waals surface area contributed by atoms with Crippen molar-refractivity contribution in [3.05, 3.63) is 69.9 Å². The molecule has 34 heavy (non-hydrogen) atoms. The number of aryl methyl sites for hydroxylation is 1. The Labute approximate surface area is 203 Å². The van der Waals surface area contributed by atoms with E-state index in [4.69, 9.17) is 9.47 Å². The van der Waals surface area contributed by atoms with E-state index in [9.17, 15) is 9.59 Å². The van der Waals surface area contributed by atoms with Crippen LogP contribution in [0.15, 0.2) is 42.6 Å². The summed E-state index contributed by atoms with van der Waals surface area (Å²) in [6, 6.07) is 11.3. The topological polar surface area (TPSA) is 72.8 Å². The molecule has 5 rings (SSSR count). The van der Waals surface area contributed by atoms with Crippen molar-refractivity contribution in [2.24, 2.45) is 0 Å². The third-order valence-electron chi connectivity index (χ3n) is 6.54. The third-order valence-corrected chi connectivity index (χ3v) is 7.87. The van der Waals surface area contributed by atoms with Gasteiger partial charge in [0.15, 0.2) is 0 Å². The van der Waals surface area contributed by atoms with Crippen LogP contribution >= 0.6 is 11.3 Å². The minimum absolute atomic E-state index is 0.163. The Morgan fingerprint density at radius 3 is 2.82 bits per heavy atom. The summed E-state index contributed by atoms with van der Waals surface area (Å²) in [5.74, 6) is 0.291. The number of amides is 2. The van der Waals surface area contributed by atoms with Gasteiger partial charge in [-0.2, -0.15) is 0 Å². The third kappa shape index (κ3) is 4.07. The summed E-state index contributed by atoms with van der Waals surface area (Å²) >= 11 is 1.85. The van der Waals surface area contributed by atoms with Crippen molar-refractivity contribution < 1.29 is 19.1 Å². The molecular weight excluding hydrogens is 450 g/mol. The molecule has 1 aliphatic carbocycles. The Morgan fingerprint density at radius 2 is 2.00 bits per heavy atom. The van der Waals surface area contributed by atoms with Crippen molar-refractivity contribution in [1.29, 1.82) is 0 Å². The molecule has 0 saturated carbocycles. The fourth-order valence-corrected chi connectivity index (χ4v) is 6.41. The highest BCUT2D eigenvalue weighted by atomic mass is 32.1. The maximum absolute atomic E-state index is 13.6. The van der Waals surface area contributed by atoms with Crippen molar-refractivity contribution >= 4 is 23.3 Å². The van der Waals surface area contributed by atoms with Crippen LogP contribution in [0, 0.1) is 0 Å². The van der Waals surface area contributed by atoms with Crippen LogP contribution in [0.2, 0.25) is 0 Å². The molecule has 1 unspecified atom stereocenters. The van der Waals surface area contributed by atoms with Crippen LogP contribution in [0.3, 0.4) is 0 Å². The molecule has 1 atom stereocenters. The lowest BCUT2D eigenvalue weighted by Crippen LogP contribution is -2.44. The quantitative estimate of drug-likeness (QED) is 0.543. The maximum Gasteiger partial charge on any atom is 0.325 e. The summed E-state index contributed by atoms with van der Waals surface area (Å²) in [6.07, 6.45) is 6.60. The molecule has 1 aliphatic heterocycles. The monoisotopic (exact) mass is 479 g/mol. The van der Waals surface area contributed by atoms with Gasteiger partial charge in [0.1, 0.15) is 17.3 Å². The first kappa shape index (κ1) is 22.5. The van der Waals surface area contributed by atoms with Crippen molar-refractivity contribution in [1.82, 2.24) is 14.8 Å². The summed E-state index contributed by atoms with van der Waals surface area (Å²) < 4.78 is 12.7. The number of nitrogens with zero attached hydrogens (tertiary/aromatic N) is 2. The second kappa shape index (κ2) is 9.54. The maximum atomic E-state index is 13.6.